The van der Waals surface area contributed by atoms with Gasteiger partial charge in [0.1, 0.15) is 0 Å². The maximum absolute atomic E-state index is 11.5. The fraction of sp³-hybridized carbons (Fsp3) is 0.0769. The minimum atomic E-state index is -0.450. The van der Waals surface area contributed by atoms with E-state index in [0.29, 0.717) is 11.3 Å². The summed E-state index contributed by atoms with van der Waals surface area (Å²) in [5.41, 5.74) is 1.76. The second-order valence-electron chi connectivity index (χ2n) is 3.30. The predicted molar refractivity (Wildman–Crippen MR) is 62.8 cm³/mol. The van der Waals surface area contributed by atoms with Crippen molar-refractivity contribution >= 4 is 5.97 Å². The SMILES string of the molecule is C#Cc1ccccc1-n1cncc1C(=O)OC. The van der Waals surface area contributed by atoms with Crippen LogP contribution in [0.15, 0.2) is 36.8 Å². The molecule has 2 rings (SSSR count). The Kier molecular flexibility index (Phi) is 2.93. The largest absolute Gasteiger partial charge is 0.464 e. The summed E-state index contributed by atoms with van der Waals surface area (Å²) in [5, 5.41) is 0. The van der Waals surface area contributed by atoms with Gasteiger partial charge in [-0.25, -0.2) is 9.78 Å². The van der Waals surface area contributed by atoms with E-state index in [1.54, 1.807) is 10.6 Å². The minimum Gasteiger partial charge on any atom is -0.464 e. The first-order valence-electron chi connectivity index (χ1n) is 4.94. The summed E-state index contributed by atoms with van der Waals surface area (Å²) in [4.78, 5) is 15.5. The highest BCUT2D eigenvalue weighted by atomic mass is 16.5. The molecule has 1 heterocycles. The normalized spacial score (nSPS) is 9.65. The van der Waals surface area contributed by atoms with Gasteiger partial charge in [-0.05, 0) is 12.1 Å². The standard InChI is InChI=1S/C13H10N2O2/c1-3-10-6-4-5-7-11(10)15-9-14-8-12(15)13(16)17-2/h1,4-9H,2H3. The molecule has 0 saturated carbocycles. The zero-order valence-corrected chi connectivity index (χ0v) is 9.25. The minimum absolute atomic E-state index is 0.343. The Morgan fingerprint density at radius 3 is 2.94 bits per heavy atom. The van der Waals surface area contributed by atoms with Crippen LogP contribution in [0.2, 0.25) is 0 Å². The predicted octanol–water partition coefficient (Wildman–Crippen LogP) is 1.64. The molecule has 0 unspecified atom stereocenters. The molecule has 0 spiro atoms. The lowest BCUT2D eigenvalue weighted by Crippen LogP contribution is -2.09. The lowest BCUT2D eigenvalue weighted by atomic mass is 10.2. The van der Waals surface area contributed by atoms with Crippen molar-refractivity contribution in [2.75, 3.05) is 7.11 Å². The number of hydrogen-bond acceptors (Lipinski definition) is 3. The van der Waals surface area contributed by atoms with Crippen LogP contribution in [0.5, 0.6) is 0 Å². The number of para-hydroxylation sites is 1. The highest BCUT2D eigenvalue weighted by Gasteiger charge is 2.14. The molecule has 84 valence electrons. The van der Waals surface area contributed by atoms with Crippen molar-refractivity contribution in [1.82, 2.24) is 9.55 Å². The zero-order valence-electron chi connectivity index (χ0n) is 9.25. The highest BCUT2D eigenvalue weighted by Crippen LogP contribution is 2.16. The van der Waals surface area contributed by atoms with Gasteiger partial charge in [0.25, 0.3) is 0 Å². The summed E-state index contributed by atoms with van der Waals surface area (Å²) in [6.07, 6.45) is 8.39. The molecule has 4 heteroatoms. The summed E-state index contributed by atoms with van der Waals surface area (Å²) in [5.74, 6) is 2.12. The molecule has 0 aliphatic carbocycles. The number of imidazole rings is 1. The van der Waals surface area contributed by atoms with E-state index >= 15 is 0 Å². The zero-order chi connectivity index (χ0) is 12.3. The lowest BCUT2D eigenvalue weighted by Gasteiger charge is -2.08. The van der Waals surface area contributed by atoms with Crippen LogP contribution in [0, 0.1) is 12.3 Å². The molecule has 17 heavy (non-hydrogen) atoms. The topological polar surface area (TPSA) is 44.1 Å². The van der Waals surface area contributed by atoms with E-state index in [2.05, 4.69) is 15.6 Å². The molecule has 0 saturated heterocycles. The van der Waals surface area contributed by atoms with Gasteiger partial charge in [-0.2, -0.15) is 0 Å². The summed E-state index contributed by atoms with van der Waals surface area (Å²) in [6, 6.07) is 7.31. The van der Waals surface area contributed by atoms with E-state index in [1.807, 2.05) is 18.2 Å². The van der Waals surface area contributed by atoms with E-state index in [0.717, 1.165) is 5.69 Å². The van der Waals surface area contributed by atoms with Crippen molar-refractivity contribution in [3.63, 3.8) is 0 Å². The molecule has 0 fully saturated rings. The van der Waals surface area contributed by atoms with E-state index in [1.165, 1.54) is 19.6 Å². The van der Waals surface area contributed by atoms with Crippen LogP contribution in [0.4, 0.5) is 0 Å². The Bertz CT molecular complexity index is 593. The number of aromatic nitrogens is 2. The van der Waals surface area contributed by atoms with Crippen LogP contribution in [0.25, 0.3) is 5.69 Å². The number of ether oxygens (including phenoxy) is 1. The highest BCUT2D eigenvalue weighted by molar-refractivity contribution is 5.88. The van der Waals surface area contributed by atoms with Gasteiger partial charge in [0, 0.05) is 5.56 Å². The van der Waals surface area contributed by atoms with Crippen molar-refractivity contribution < 1.29 is 9.53 Å². The first-order chi connectivity index (χ1) is 8.27. The average molecular weight is 226 g/mol. The lowest BCUT2D eigenvalue weighted by molar-refractivity contribution is 0.0591. The Balaban J connectivity index is 2.58. The molecule has 0 radical (unpaired) electrons. The monoisotopic (exact) mass is 226 g/mol. The van der Waals surface area contributed by atoms with Gasteiger partial charge in [-0.1, -0.05) is 18.1 Å². The molecule has 0 bridgehead atoms. The van der Waals surface area contributed by atoms with Crippen LogP contribution in [0.1, 0.15) is 16.1 Å². The number of terminal acetylenes is 1. The Morgan fingerprint density at radius 2 is 2.24 bits per heavy atom. The number of benzene rings is 1. The van der Waals surface area contributed by atoms with E-state index in [-0.39, 0.29) is 0 Å². The Labute approximate surface area is 98.9 Å². The molecule has 4 nitrogen and oxygen atoms in total. The number of hydrogen-bond donors (Lipinski definition) is 0. The third-order valence-electron chi connectivity index (χ3n) is 2.35. The summed E-state index contributed by atoms with van der Waals surface area (Å²) in [7, 11) is 1.33. The van der Waals surface area contributed by atoms with E-state index < -0.39 is 5.97 Å². The maximum Gasteiger partial charge on any atom is 0.356 e. The van der Waals surface area contributed by atoms with Crippen LogP contribution < -0.4 is 0 Å². The van der Waals surface area contributed by atoms with Gasteiger partial charge in [-0.15, -0.1) is 6.42 Å². The molecule has 0 aliphatic heterocycles. The van der Waals surface area contributed by atoms with Crippen molar-refractivity contribution in [2.45, 2.75) is 0 Å². The summed E-state index contributed by atoms with van der Waals surface area (Å²) in [6.45, 7) is 0. The van der Waals surface area contributed by atoms with Crippen LogP contribution >= 0.6 is 0 Å². The van der Waals surface area contributed by atoms with Crippen molar-refractivity contribution in [3.8, 4) is 18.0 Å². The van der Waals surface area contributed by atoms with Crippen LogP contribution in [-0.4, -0.2) is 22.6 Å². The van der Waals surface area contributed by atoms with Gasteiger partial charge in [-0.3, -0.25) is 4.57 Å². The Hall–Kier alpha value is -2.54. The van der Waals surface area contributed by atoms with Crippen molar-refractivity contribution in [1.29, 1.82) is 0 Å². The number of carbonyl (C=O) groups is 1. The van der Waals surface area contributed by atoms with Crippen LogP contribution in [0.3, 0.4) is 0 Å². The number of methoxy groups -OCH3 is 1. The molecule has 0 atom stereocenters. The fourth-order valence-electron chi connectivity index (χ4n) is 1.55. The molecule has 0 aliphatic rings. The van der Waals surface area contributed by atoms with Gasteiger partial charge >= 0.3 is 5.97 Å². The third kappa shape index (κ3) is 1.91. The molecular weight excluding hydrogens is 216 g/mol. The van der Waals surface area contributed by atoms with Crippen molar-refractivity contribution in [2.24, 2.45) is 0 Å². The quantitative estimate of drug-likeness (QED) is 0.577. The molecular formula is C13H10N2O2. The number of nitrogens with zero attached hydrogens (tertiary/aromatic N) is 2. The third-order valence-corrected chi connectivity index (χ3v) is 2.35. The number of esters is 1. The molecule has 1 aromatic heterocycles. The van der Waals surface area contributed by atoms with Gasteiger partial charge in [0.15, 0.2) is 5.69 Å². The van der Waals surface area contributed by atoms with E-state index in [4.69, 9.17) is 6.42 Å². The van der Waals surface area contributed by atoms with Crippen molar-refractivity contribution in [3.05, 3.63) is 48.0 Å². The number of carbonyl (C=O) groups excluding carboxylic acids is 1. The second kappa shape index (κ2) is 4.54. The Morgan fingerprint density at radius 1 is 1.47 bits per heavy atom. The first-order valence-corrected chi connectivity index (χ1v) is 4.94. The smallest absolute Gasteiger partial charge is 0.356 e. The summed E-state index contributed by atoms with van der Waals surface area (Å²) >= 11 is 0. The van der Waals surface area contributed by atoms with Crippen LogP contribution in [-0.2, 0) is 4.74 Å². The molecule has 0 N–H and O–H groups in total. The van der Waals surface area contributed by atoms with Gasteiger partial charge in [0.2, 0.25) is 0 Å². The molecule has 0 amide bonds. The second-order valence-corrected chi connectivity index (χ2v) is 3.30. The molecule has 2 aromatic rings. The maximum atomic E-state index is 11.5. The molecule has 1 aromatic carbocycles. The van der Waals surface area contributed by atoms with Gasteiger partial charge in [0.05, 0.1) is 25.3 Å². The first kappa shape index (κ1) is 11.0. The fourth-order valence-corrected chi connectivity index (χ4v) is 1.55. The van der Waals surface area contributed by atoms with Gasteiger partial charge < -0.3 is 4.74 Å². The summed E-state index contributed by atoms with van der Waals surface area (Å²) < 4.78 is 6.29. The number of rotatable bonds is 2. The average Bonchev–Trinajstić information content (AvgIpc) is 2.86. The van der Waals surface area contributed by atoms with E-state index in [9.17, 15) is 4.79 Å².